The second-order valence-corrected chi connectivity index (χ2v) is 5.91. The standard InChI is InChI=1S/C20H15FN2O6/c21-16-4-2-1-3-14(16)11-22-19(24)12-28-20(25)18-10-9-17(29-18)13-5-7-15(8-6-13)23(26)27/h1-10H,11-12H2,(H,22,24). The molecule has 3 aromatic rings. The lowest BCUT2D eigenvalue weighted by atomic mass is 10.1. The molecule has 3 rings (SSSR count). The van der Waals surface area contributed by atoms with Gasteiger partial charge in [-0.1, -0.05) is 18.2 Å². The van der Waals surface area contributed by atoms with E-state index >= 15 is 0 Å². The molecule has 2 aromatic carbocycles. The van der Waals surface area contributed by atoms with E-state index in [1.165, 1.54) is 54.6 Å². The Kier molecular flexibility index (Phi) is 5.98. The van der Waals surface area contributed by atoms with Crippen LogP contribution < -0.4 is 5.32 Å². The summed E-state index contributed by atoms with van der Waals surface area (Å²) >= 11 is 0. The van der Waals surface area contributed by atoms with Crippen molar-refractivity contribution in [3.63, 3.8) is 0 Å². The Balaban J connectivity index is 1.53. The van der Waals surface area contributed by atoms with Gasteiger partial charge < -0.3 is 14.5 Å². The van der Waals surface area contributed by atoms with Crippen LogP contribution in [0.2, 0.25) is 0 Å². The minimum atomic E-state index is -0.848. The van der Waals surface area contributed by atoms with Gasteiger partial charge in [-0.2, -0.15) is 0 Å². The van der Waals surface area contributed by atoms with Crippen LogP contribution in [-0.2, 0) is 16.1 Å². The Morgan fingerprint density at radius 2 is 1.79 bits per heavy atom. The van der Waals surface area contributed by atoms with Crippen molar-refractivity contribution in [2.45, 2.75) is 6.54 Å². The number of halogens is 1. The number of non-ortho nitro benzene ring substituents is 1. The van der Waals surface area contributed by atoms with Crippen LogP contribution in [0.4, 0.5) is 10.1 Å². The van der Waals surface area contributed by atoms with Crippen LogP contribution in [0.1, 0.15) is 16.1 Å². The van der Waals surface area contributed by atoms with Gasteiger partial charge in [0.25, 0.3) is 11.6 Å². The van der Waals surface area contributed by atoms with Crippen molar-refractivity contribution in [2.75, 3.05) is 6.61 Å². The maximum absolute atomic E-state index is 13.5. The second kappa shape index (κ2) is 8.79. The number of nitrogens with zero attached hydrogens (tertiary/aromatic N) is 1. The molecule has 1 amide bonds. The highest BCUT2D eigenvalue weighted by Crippen LogP contribution is 2.24. The normalized spacial score (nSPS) is 10.4. The molecule has 8 nitrogen and oxygen atoms in total. The van der Waals surface area contributed by atoms with Gasteiger partial charge in [0.2, 0.25) is 5.76 Å². The molecule has 9 heteroatoms. The van der Waals surface area contributed by atoms with E-state index in [1.807, 2.05) is 0 Å². The fraction of sp³-hybridized carbons (Fsp3) is 0.100. The Bertz CT molecular complexity index is 1050. The van der Waals surface area contributed by atoms with Crippen LogP contribution >= 0.6 is 0 Å². The highest BCUT2D eigenvalue weighted by atomic mass is 19.1. The van der Waals surface area contributed by atoms with Crippen LogP contribution in [0.3, 0.4) is 0 Å². The van der Waals surface area contributed by atoms with Crippen molar-refractivity contribution >= 4 is 17.6 Å². The number of ether oxygens (including phenoxy) is 1. The topological polar surface area (TPSA) is 112 Å². The summed E-state index contributed by atoms with van der Waals surface area (Å²) in [6.07, 6.45) is 0. The Morgan fingerprint density at radius 1 is 1.07 bits per heavy atom. The molecule has 0 atom stereocenters. The molecule has 0 aliphatic heterocycles. The molecule has 0 radical (unpaired) electrons. The molecule has 0 unspecified atom stereocenters. The van der Waals surface area contributed by atoms with Gasteiger partial charge in [0.1, 0.15) is 11.6 Å². The monoisotopic (exact) mass is 398 g/mol. The first-order chi connectivity index (χ1) is 13.9. The van der Waals surface area contributed by atoms with E-state index in [0.717, 1.165) is 0 Å². The summed E-state index contributed by atoms with van der Waals surface area (Å²) in [4.78, 5) is 34.0. The van der Waals surface area contributed by atoms with Crippen LogP contribution in [0.15, 0.2) is 65.1 Å². The van der Waals surface area contributed by atoms with Gasteiger partial charge in [-0.15, -0.1) is 0 Å². The quantitative estimate of drug-likeness (QED) is 0.371. The summed E-state index contributed by atoms with van der Waals surface area (Å²) < 4.78 is 23.8. The molecule has 0 aliphatic carbocycles. The number of nitrogens with one attached hydrogen (secondary N) is 1. The van der Waals surface area contributed by atoms with E-state index < -0.39 is 29.2 Å². The molecule has 0 saturated carbocycles. The van der Waals surface area contributed by atoms with E-state index in [4.69, 9.17) is 9.15 Å². The number of nitro benzene ring substituents is 1. The minimum absolute atomic E-state index is 0.0336. The SMILES string of the molecule is O=C(COC(=O)c1ccc(-c2ccc([N+](=O)[O-])cc2)o1)NCc1ccccc1F. The Morgan fingerprint density at radius 3 is 2.48 bits per heavy atom. The number of esters is 1. The molecule has 1 heterocycles. The number of hydrogen-bond donors (Lipinski definition) is 1. The number of hydrogen-bond acceptors (Lipinski definition) is 6. The second-order valence-electron chi connectivity index (χ2n) is 5.91. The number of nitro groups is 1. The molecule has 148 valence electrons. The zero-order valence-electron chi connectivity index (χ0n) is 15.0. The smallest absolute Gasteiger partial charge is 0.374 e. The zero-order valence-corrected chi connectivity index (χ0v) is 15.0. The third kappa shape index (κ3) is 5.04. The van der Waals surface area contributed by atoms with E-state index in [2.05, 4.69) is 5.32 Å². The third-order valence-corrected chi connectivity index (χ3v) is 3.94. The van der Waals surface area contributed by atoms with Crippen LogP contribution in [-0.4, -0.2) is 23.4 Å². The van der Waals surface area contributed by atoms with E-state index in [1.54, 1.807) is 6.07 Å². The van der Waals surface area contributed by atoms with Crippen molar-refractivity contribution in [3.8, 4) is 11.3 Å². The number of amides is 1. The van der Waals surface area contributed by atoms with Gasteiger partial charge in [0.05, 0.1) is 4.92 Å². The van der Waals surface area contributed by atoms with Crippen molar-refractivity contribution in [2.24, 2.45) is 0 Å². The predicted molar refractivity (Wildman–Crippen MR) is 99.3 cm³/mol. The van der Waals surface area contributed by atoms with Gasteiger partial charge in [0.15, 0.2) is 6.61 Å². The highest BCUT2D eigenvalue weighted by molar-refractivity contribution is 5.89. The molecule has 0 aliphatic rings. The van der Waals surface area contributed by atoms with Crippen LogP contribution in [0, 0.1) is 15.9 Å². The largest absolute Gasteiger partial charge is 0.450 e. The van der Waals surface area contributed by atoms with Crippen molar-refractivity contribution in [1.29, 1.82) is 0 Å². The van der Waals surface area contributed by atoms with E-state index in [0.29, 0.717) is 16.9 Å². The van der Waals surface area contributed by atoms with E-state index in [-0.39, 0.29) is 18.0 Å². The lowest BCUT2D eigenvalue weighted by Crippen LogP contribution is -2.28. The number of rotatable bonds is 7. The number of furan rings is 1. The maximum Gasteiger partial charge on any atom is 0.374 e. The van der Waals surface area contributed by atoms with Crippen molar-refractivity contribution in [1.82, 2.24) is 5.32 Å². The fourth-order valence-electron chi connectivity index (χ4n) is 2.44. The summed E-state index contributed by atoms with van der Waals surface area (Å²) in [7, 11) is 0. The number of benzene rings is 2. The van der Waals surface area contributed by atoms with Gasteiger partial charge in [0, 0.05) is 29.8 Å². The first kappa shape index (κ1) is 19.7. The van der Waals surface area contributed by atoms with Gasteiger partial charge >= 0.3 is 5.97 Å². The van der Waals surface area contributed by atoms with Crippen LogP contribution in [0.5, 0.6) is 0 Å². The van der Waals surface area contributed by atoms with Gasteiger partial charge in [-0.05, 0) is 30.3 Å². The Hall–Kier alpha value is -4.01. The summed E-state index contributed by atoms with van der Waals surface area (Å²) in [5.74, 6) is -1.70. The molecular formula is C20H15FN2O6. The van der Waals surface area contributed by atoms with E-state index in [9.17, 15) is 24.1 Å². The minimum Gasteiger partial charge on any atom is -0.450 e. The molecule has 0 saturated heterocycles. The third-order valence-electron chi connectivity index (χ3n) is 3.94. The average molecular weight is 398 g/mol. The van der Waals surface area contributed by atoms with Crippen molar-refractivity contribution in [3.05, 3.63) is 87.9 Å². The molecule has 1 N–H and O–H groups in total. The fourth-order valence-corrected chi connectivity index (χ4v) is 2.44. The average Bonchev–Trinajstić information content (AvgIpc) is 3.22. The predicted octanol–water partition coefficient (Wildman–Crippen LogP) is 3.47. The molecule has 29 heavy (non-hydrogen) atoms. The maximum atomic E-state index is 13.5. The summed E-state index contributed by atoms with van der Waals surface area (Å²) in [5, 5.41) is 13.1. The molecule has 0 bridgehead atoms. The molecule has 0 fully saturated rings. The molecule has 0 spiro atoms. The van der Waals surface area contributed by atoms with Crippen LogP contribution in [0.25, 0.3) is 11.3 Å². The highest BCUT2D eigenvalue weighted by Gasteiger charge is 2.16. The summed E-state index contributed by atoms with van der Waals surface area (Å²) in [6.45, 7) is -0.588. The lowest BCUT2D eigenvalue weighted by Gasteiger charge is -2.06. The number of carbonyl (C=O) groups is 2. The first-order valence-electron chi connectivity index (χ1n) is 8.46. The lowest BCUT2D eigenvalue weighted by molar-refractivity contribution is -0.384. The van der Waals surface area contributed by atoms with Crippen molar-refractivity contribution < 1.29 is 28.1 Å². The molecular weight excluding hydrogens is 383 g/mol. The zero-order chi connectivity index (χ0) is 20.8. The summed E-state index contributed by atoms with van der Waals surface area (Å²) in [6, 6.07) is 14.5. The molecule has 1 aromatic heterocycles. The van der Waals surface area contributed by atoms with Gasteiger partial charge in [-0.25, -0.2) is 9.18 Å². The van der Waals surface area contributed by atoms with Gasteiger partial charge in [-0.3, -0.25) is 14.9 Å². The first-order valence-corrected chi connectivity index (χ1v) is 8.46. The number of carbonyl (C=O) groups excluding carboxylic acids is 2. The summed E-state index contributed by atoms with van der Waals surface area (Å²) in [5.41, 5.74) is 0.782. The Labute approximate surface area is 164 Å².